The molecule has 4 nitrogen and oxygen atoms in total. The third kappa shape index (κ3) is 4.10. The Morgan fingerprint density at radius 3 is 3.09 bits per heavy atom. The maximum Gasteiger partial charge on any atom is 0.220 e. The first-order valence-electron chi connectivity index (χ1n) is 8.21. The van der Waals surface area contributed by atoms with Gasteiger partial charge in [0.05, 0.1) is 0 Å². The number of carbonyl (C=O) groups is 1. The second-order valence-corrected chi connectivity index (χ2v) is 6.91. The number of nitrogens with zero attached hydrogens (tertiary/aromatic N) is 2. The van der Waals surface area contributed by atoms with Crippen LogP contribution < -0.4 is 10.2 Å². The second-order valence-electron chi connectivity index (χ2n) is 6.03. The summed E-state index contributed by atoms with van der Waals surface area (Å²) in [6, 6.07) is 8.64. The molecule has 23 heavy (non-hydrogen) atoms. The van der Waals surface area contributed by atoms with Crippen LogP contribution in [0.5, 0.6) is 0 Å². The highest BCUT2D eigenvalue weighted by molar-refractivity contribution is 7.13. The summed E-state index contributed by atoms with van der Waals surface area (Å²) >= 11 is 1.67. The van der Waals surface area contributed by atoms with Crippen LogP contribution in [0.1, 0.15) is 30.4 Å². The molecule has 1 aromatic carbocycles. The van der Waals surface area contributed by atoms with E-state index in [1.165, 1.54) is 17.5 Å². The summed E-state index contributed by atoms with van der Waals surface area (Å²) in [5.41, 5.74) is 2.51. The minimum Gasteiger partial charge on any atom is -0.354 e. The van der Waals surface area contributed by atoms with Crippen molar-refractivity contribution in [3.05, 3.63) is 47.0 Å². The van der Waals surface area contributed by atoms with E-state index in [2.05, 4.69) is 34.3 Å². The Kier molecular flexibility index (Phi) is 5.28. The number of hydrogen-bond donors (Lipinski definition) is 1. The van der Waals surface area contributed by atoms with E-state index in [0.717, 1.165) is 24.5 Å². The fourth-order valence-electron chi connectivity index (χ4n) is 3.12. The standard InChI is InChI=1S/C18H23N3OS/c1-14-5-2-3-6-15(14)8-9-17(22)20-13-16-7-4-11-21(16)18-19-10-12-23-18/h2-3,5-6,10,12,16H,4,7-9,11,13H2,1H3,(H,20,22)/t16-/m1/s1. The van der Waals surface area contributed by atoms with Gasteiger partial charge in [0.1, 0.15) is 0 Å². The van der Waals surface area contributed by atoms with Crippen molar-refractivity contribution in [1.29, 1.82) is 0 Å². The lowest BCUT2D eigenvalue weighted by molar-refractivity contribution is -0.121. The van der Waals surface area contributed by atoms with Gasteiger partial charge < -0.3 is 10.2 Å². The molecule has 0 saturated carbocycles. The van der Waals surface area contributed by atoms with Crippen molar-refractivity contribution >= 4 is 22.4 Å². The number of nitrogens with one attached hydrogen (secondary N) is 1. The van der Waals surface area contributed by atoms with Crippen LogP contribution >= 0.6 is 11.3 Å². The summed E-state index contributed by atoms with van der Waals surface area (Å²) in [6.07, 6.45) is 5.49. The lowest BCUT2D eigenvalue weighted by Gasteiger charge is -2.24. The van der Waals surface area contributed by atoms with Crippen LogP contribution in [0.3, 0.4) is 0 Å². The van der Waals surface area contributed by atoms with E-state index in [1.807, 2.05) is 23.7 Å². The molecular weight excluding hydrogens is 306 g/mol. The van der Waals surface area contributed by atoms with E-state index in [9.17, 15) is 4.79 Å². The number of aromatic nitrogens is 1. The molecule has 1 aliphatic rings. The van der Waals surface area contributed by atoms with Gasteiger partial charge in [-0.2, -0.15) is 0 Å². The molecule has 3 rings (SSSR count). The van der Waals surface area contributed by atoms with Gasteiger partial charge in [0, 0.05) is 37.1 Å². The normalized spacial score (nSPS) is 17.4. The molecule has 1 fully saturated rings. The number of anilines is 1. The molecular formula is C18H23N3OS. The second kappa shape index (κ2) is 7.59. The van der Waals surface area contributed by atoms with Crippen LogP contribution in [0.15, 0.2) is 35.8 Å². The van der Waals surface area contributed by atoms with E-state index < -0.39 is 0 Å². The first kappa shape index (κ1) is 16.0. The average molecular weight is 329 g/mol. The van der Waals surface area contributed by atoms with Gasteiger partial charge in [-0.25, -0.2) is 4.98 Å². The highest BCUT2D eigenvalue weighted by Gasteiger charge is 2.26. The Balaban J connectivity index is 1.46. The molecule has 1 amide bonds. The van der Waals surface area contributed by atoms with E-state index in [-0.39, 0.29) is 5.91 Å². The zero-order chi connectivity index (χ0) is 16.1. The molecule has 0 aliphatic carbocycles. The van der Waals surface area contributed by atoms with Gasteiger partial charge in [0.15, 0.2) is 5.13 Å². The van der Waals surface area contributed by atoms with E-state index in [0.29, 0.717) is 19.0 Å². The van der Waals surface area contributed by atoms with E-state index in [4.69, 9.17) is 0 Å². The molecule has 1 N–H and O–H groups in total. The number of hydrogen-bond acceptors (Lipinski definition) is 4. The highest BCUT2D eigenvalue weighted by atomic mass is 32.1. The van der Waals surface area contributed by atoms with Crippen molar-refractivity contribution in [2.75, 3.05) is 18.0 Å². The van der Waals surface area contributed by atoms with Crippen molar-refractivity contribution in [2.45, 2.75) is 38.6 Å². The van der Waals surface area contributed by atoms with Gasteiger partial charge in [-0.05, 0) is 37.3 Å². The van der Waals surface area contributed by atoms with Gasteiger partial charge in [0.25, 0.3) is 0 Å². The van der Waals surface area contributed by atoms with Gasteiger partial charge in [-0.3, -0.25) is 4.79 Å². The van der Waals surface area contributed by atoms with Crippen molar-refractivity contribution in [3.63, 3.8) is 0 Å². The van der Waals surface area contributed by atoms with Crippen molar-refractivity contribution in [3.8, 4) is 0 Å². The first-order chi connectivity index (χ1) is 11.2. The maximum atomic E-state index is 12.1. The van der Waals surface area contributed by atoms with Crippen LogP contribution in [0.4, 0.5) is 5.13 Å². The maximum absolute atomic E-state index is 12.1. The molecule has 122 valence electrons. The third-order valence-corrected chi connectivity index (χ3v) is 5.27. The van der Waals surface area contributed by atoms with Gasteiger partial charge in [-0.1, -0.05) is 24.3 Å². The zero-order valence-electron chi connectivity index (χ0n) is 13.5. The predicted molar refractivity (Wildman–Crippen MR) is 95.0 cm³/mol. The van der Waals surface area contributed by atoms with Gasteiger partial charge in [-0.15, -0.1) is 11.3 Å². The molecule has 0 bridgehead atoms. The summed E-state index contributed by atoms with van der Waals surface area (Å²) in [7, 11) is 0. The summed E-state index contributed by atoms with van der Waals surface area (Å²) in [5.74, 6) is 0.138. The fraction of sp³-hybridized carbons (Fsp3) is 0.444. The molecule has 2 aromatic rings. The number of carbonyl (C=O) groups excluding carboxylic acids is 1. The minimum atomic E-state index is 0.138. The zero-order valence-corrected chi connectivity index (χ0v) is 14.3. The third-order valence-electron chi connectivity index (χ3n) is 4.46. The minimum absolute atomic E-state index is 0.138. The largest absolute Gasteiger partial charge is 0.354 e. The topological polar surface area (TPSA) is 45.2 Å². The van der Waals surface area contributed by atoms with Crippen LogP contribution in [-0.4, -0.2) is 30.0 Å². The van der Waals surface area contributed by atoms with Crippen molar-refractivity contribution in [2.24, 2.45) is 0 Å². The molecule has 1 aromatic heterocycles. The van der Waals surface area contributed by atoms with E-state index in [1.54, 1.807) is 11.3 Å². The molecule has 0 radical (unpaired) electrons. The Bertz CT molecular complexity index is 641. The Morgan fingerprint density at radius 1 is 1.43 bits per heavy atom. The van der Waals surface area contributed by atoms with Gasteiger partial charge in [0.2, 0.25) is 5.91 Å². The Hall–Kier alpha value is -1.88. The molecule has 5 heteroatoms. The lowest BCUT2D eigenvalue weighted by Crippen LogP contribution is -2.40. The number of aryl methyl sites for hydroxylation is 2. The highest BCUT2D eigenvalue weighted by Crippen LogP contribution is 2.26. The lowest BCUT2D eigenvalue weighted by atomic mass is 10.0. The SMILES string of the molecule is Cc1ccccc1CCC(=O)NC[C@H]1CCCN1c1nccs1. The Labute approximate surface area is 141 Å². The molecule has 2 heterocycles. The fourth-order valence-corrected chi connectivity index (χ4v) is 3.86. The van der Waals surface area contributed by atoms with Crippen LogP contribution in [-0.2, 0) is 11.2 Å². The van der Waals surface area contributed by atoms with E-state index >= 15 is 0 Å². The van der Waals surface area contributed by atoms with Gasteiger partial charge >= 0.3 is 0 Å². The van der Waals surface area contributed by atoms with Crippen molar-refractivity contribution in [1.82, 2.24) is 10.3 Å². The summed E-state index contributed by atoms with van der Waals surface area (Å²) in [4.78, 5) is 18.9. The molecule has 1 saturated heterocycles. The predicted octanol–water partition coefficient (Wildman–Crippen LogP) is 3.17. The summed E-state index contributed by atoms with van der Waals surface area (Å²) in [5, 5.41) is 6.18. The summed E-state index contributed by atoms with van der Waals surface area (Å²) in [6.45, 7) is 3.85. The number of benzene rings is 1. The monoisotopic (exact) mass is 329 g/mol. The number of thiazole rings is 1. The first-order valence-corrected chi connectivity index (χ1v) is 9.09. The quantitative estimate of drug-likeness (QED) is 0.885. The molecule has 0 spiro atoms. The summed E-state index contributed by atoms with van der Waals surface area (Å²) < 4.78 is 0. The smallest absolute Gasteiger partial charge is 0.220 e. The van der Waals surface area contributed by atoms with Crippen LogP contribution in [0.25, 0.3) is 0 Å². The molecule has 0 unspecified atom stereocenters. The average Bonchev–Trinajstić information content (AvgIpc) is 3.22. The van der Waals surface area contributed by atoms with Crippen LogP contribution in [0, 0.1) is 6.92 Å². The molecule has 1 atom stereocenters. The number of amides is 1. The molecule has 1 aliphatic heterocycles. The van der Waals surface area contributed by atoms with Crippen molar-refractivity contribution < 1.29 is 4.79 Å². The number of rotatable bonds is 6. The van der Waals surface area contributed by atoms with Crippen LogP contribution in [0.2, 0.25) is 0 Å². The Morgan fingerprint density at radius 2 is 2.30 bits per heavy atom.